The summed E-state index contributed by atoms with van der Waals surface area (Å²) in [6.07, 6.45) is 8.27. The summed E-state index contributed by atoms with van der Waals surface area (Å²) in [6, 6.07) is 8.88. The first kappa shape index (κ1) is 18.2. The van der Waals surface area contributed by atoms with Crippen molar-refractivity contribution < 1.29 is 0 Å². The highest BCUT2D eigenvalue weighted by Gasteiger charge is 2.15. The van der Waals surface area contributed by atoms with Crippen molar-refractivity contribution in [2.45, 2.75) is 39.0 Å². The quantitative estimate of drug-likeness (QED) is 0.267. The molecule has 0 fully saturated rings. The number of halogens is 1. The van der Waals surface area contributed by atoms with Crippen LogP contribution in [0.25, 0.3) is 31.4 Å². The van der Waals surface area contributed by atoms with Crippen LogP contribution in [0.3, 0.4) is 0 Å². The molecule has 26 heavy (non-hydrogen) atoms. The molecule has 134 valence electrons. The second-order valence-electron chi connectivity index (χ2n) is 6.16. The first-order valence-corrected chi connectivity index (χ1v) is 11.9. The molecule has 3 nitrogen and oxygen atoms in total. The number of nitrogens with zero attached hydrogens (tertiary/aromatic N) is 3. The van der Waals surface area contributed by atoms with Crippen LogP contribution in [0, 0.1) is 0 Å². The fourth-order valence-corrected chi connectivity index (χ4v) is 6.09. The fraction of sp³-hybridized carbons (Fsp3) is 0.316. The molecular formula is C19H18BrN3S3. The van der Waals surface area contributed by atoms with Crippen LogP contribution in [-0.2, 0) is 6.42 Å². The van der Waals surface area contributed by atoms with E-state index >= 15 is 0 Å². The number of hydrogen-bond donors (Lipinski definition) is 0. The number of unbranched alkanes of at least 4 members (excludes halogenated alkanes) is 3. The maximum atomic E-state index is 4.59. The molecule has 0 aliphatic heterocycles. The smallest absolute Gasteiger partial charge is 0.133 e. The molecule has 0 bridgehead atoms. The lowest BCUT2D eigenvalue weighted by molar-refractivity contribution is 0.670. The van der Waals surface area contributed by atoms with Crippen molar-refractivity contribution in [1.82, 2.24) is 13.7 Å². The van der Waals surface area contributed by atoms with E-state index in [9.17, 15) is 0 Å². The van der Waals surface area contributed by atoms with Crippen LogP contribution in [-0.4, -0.2) is 13.7 Å². The van der Waals surface area contributed by atoms with E-state index < -0.39 is 0 Å². The lowest BCUT2D eigenvalue weighted by atomic mass is 10.1. The second kappa shape index (κ2) is 8.25. The van der Waals surface area contributed by atoms with Crippen LogP contribution in [0.2, 0.25) is 0 Å². The monoisotopic (exact) mass is 463 g/mol. The summed E-state index contributed by atoms with van der Waals surface area (Å²) < 4.78 is 9.70. The second-order valence-corrected chi connectivity index (χ2v) is 9.79. The Labute approximate surface area is 173 Å². The maximum absolute atomic E-state index is 4.59. The van der Waals surface area contributed by atoms with Crippen molar-refractivity contribution >= 4 is 61.4 Å². The average molecular weight is 464 g/mol. The van der Waals surface area contributed by atoms with Gasteiger partial charge in [0.25, 0.3) is 0 Å². The van der Waals surface area contributed by atoms with Gasteiger partial charge in [-0.1, -0.05) is 26.2 Å². The Morgan fingerprint density at radius 2 is 1.65 bits per heavy atom. The van der Waals surface area contributed by atoms with Crippen molar-refractivity contribution in [2.24, 2.45) is 0 Å². The summed E-state index contributed by atoms with van der Waals surface area (Å²) >= 11 is 8.43. The molecule has 0 saturated carbocycles. The van der Waals surface area contributed by atoms with E-state index in [1.165, 1.54) is 58.5 Å². The molecule has 0 spiro atoms. The van der Waals surface area contributed by atoms with Gasteiger partial charge in [0, 0.05) is 20.8 Å². The van der Waals surface area contributed by atoms with Gasteiger partial charge in [0.2, 0.25) is 0 Å². The third-order valence-corrected chi connectivity index (χ3v) is 7.81. The van der Waals surface area contributed by atoms with Crippen LogP contribution >= 0.6 is 50.3 Å². The van der Waals surface area contributed by atoms with E-state index in [4.69, 9.17) is 0 Å². The molecule has 0 N–H and O–H groups in total. The minimum Gasteiger partial charge on any atom is -0.252 e. The molecule has 0 aromatic carbocycles. The molecule has 0 amide bonds. The molecule has 0 aliphatic carbocycles. The zero-order valence-corrected chi connectivity index (χ0v) is 18.4. The number of thiophene rings is 2. The first-order chi connectivity index (χ1) is 12.8. The SMILES string of the molecule is CCCCCCc1ccc(-c2ccc(-c3ncc(Br)c4nsnc34)s2)s1. The van der Waals surface area contributed by atoms with Gasteiger partial charge in [-0.15, -0.1) is 22.7 Å². The highest BCUT2D eigenvalue weighted by atomic mass is 79.9. The van der Waals surface area contributed by atoms with Gasteiger partial charge in [0.15, 0.2) is 0 Å². The summed E-state index contributed by atoms with van der Waals surface area (Å²) in [6.45, 7) is 2.26. The third-order valence-electron chi connectivity index (χ3n) is 4.27. The molecule has 7 heteroatoms. The number of aromatic nitrogens is 3. The normalized spacial score (nSPS) is 11.5. The lowest BCUT2D eigenvalue weighted by Crippen LogP contribution is -1.83. The van der Waals surface area contributed by atoms with E-state index in [1.54, 1.807) is 11.3 Å². The van der Waals surface area contributed by atoms with Crippen LogP contribution < -0.4 is 0 Å². The minimum atomic E-state index is 0.876. The zero-order chi connectivity index (χ0) is 17.9. The number of fused-ring (bicyclic) bond motifs is 1. The molecule has 4 heterocycles. The van der Waals surface area contributed by atoms with E-state index in [-0.39, 0.29) is 0 Å². The Morgan fingerprint density at radius 1 is 0.885 bits per heavy atom. The van der Waals surface area contributed by atoms with Gasteiger partial charge in [-0.3, -0.25) is 4.98 Å². The molecule has 0 aliphatic rings. The highest BCUT2D eigenvalue weighted by Crippen LogP contribution is 2.39. The Balaban J connectivity index is 1.56. The minimum absolute atomic E-state index is 0.876. The van der Waals surface area contributed by atoms with Gasteiger partial charge >= 0.3 is 0 Å². The summed E-state index contributed by atoms with van der Waals surface area (Å²) in [5, 5.41) is 0. The molecule has 4 aromatic heterocycles. The van der Waals surface area contributed by atoms with Crippen molar-refractivity contribution in [3.8, 4) is 20.3 Å². The van der Waals surface area contributed by atoms with Crippen LogP contribution in [0.4, 0.5) is 0 Å². The van der Waals surface area contributed by atoms with Crippen LogP contribution in [0.15, 0.2) is 34.9 Å². The van der Waals surface area contributed by atoms with Crippen molar-refractivity contribution in [1.29, 1.82) is 0 Å². The third kappa shape index (κ3) is 3.76. The standard InChI is InChI=1S/C19H18BrN3S3/c1-2-3-4-5-6-12-7-8-14(24-12)15-9-10-16(25-15)18-19-17(22-26-23-19)13(20)11-21-18/h7-11H,2-6H2,1H3. The molecule has 0 radical (unpaired) electrons. The molecular weight excluding hydrogens is 446 g/mol. The summed E-state index contributed by atoms with van der Waals surface area (Å²) in [7, 11) is 0. The summed E-state index contributed by atoms with van der Waals surface area (Å²) in [5.74, 6) is 0. The summed E-state index contributed by atoms with van der Waals surface area (Å²) in [4.78, 5) is 9.86. The maximum Gasteiger partial charge on any atom is 0.133 e. The fourth-order valence-electron chi connectivity index (χ4n) is 2.89. The Bertz CT molecular complexity index is 1020. The molecule has 4 aromatic rings. The van der Waals surface area contributed by atoms with Gasteiger partial charge in [0.1, 0.15) is 16.7 Å². The zero-order valence-electron chi connectivity index (χ0n) is 14.4. The highest BCUT2D eigenvalue weighted by molar-refractivity contribution is 9.10. The number of hydrogen-bond acceptors (Lipinski definition) is 6. The van der Waals surface area contributed by atoms with Gasteiger partial charge in [-0.05, 0) is 53.0 Å². The average Bonchev–Trinajstić information content (AvgIpc) is 3.38. The van der Waals surface area contributed by atoms with Crippen LogP contribution in [0.5, 0.6) is 0 Å². The van der Waals surface area contributed by atoms with Crippen molar-refractivity contribution in [3.63, 3.8) is 0 Å². The van der Waals surface area contributed by atoms with E-state index in [0.717, 1.165) is 26.1 Å². The predicted molar refractivity (Wildman–Crippen MR) is 117 cm³/mol. The van der Waals surface area contributed by atoms with Gasteiger partial charge in [-0.2, -0.15) is 8.75 Å². The number of rotatable bonds is 7. The molecule has 0 unspecified atom stereocenters. The van der Waals surface area contributed by atoms with Crippen molar-refractivity contribution in [3.05, 3.63) is 39.8 Å². The van der Waals surface area contributed by atoms with Gasteiger partial charge in [-0.25, -0.2) is 0 Å². The first-order valence-electron chi connectivity index (χ1n) is 8.72. The molecule has 0 saturated heterocycles. The Morgan fingerprint density at radius 3 is 2.54 bits per heavy atom. The lowest BCUT2D eigenvalue weighted by Gasteiger charge is -1.98. The van der Waals surface area contributed by atoms with E-state index in [0.29, 0.717) is 0 Å². The molecule has 0 atom stereocenters. The van der Waals surface area contributed by atoms with Gasteiger partial charge in [0.05, 0.1) is 21.1 Å². The topological polar surface area (TPSA) is 38.7 Å². The Kier molecular flexibility index (Phi) is 5.78. The number of pyridine rings is 1. The van der Waals surface area contributed by atoms with Crippen LogP contribution in [0.1, 0.15) is 37.5 Å². The van der Waals surface area contributed by atoms with Crippen molar-refractivity contribution in [2.75, 3.05) is 0 Å². The summed E-state index contributed by atoms with van der Waals surface area (Å²) in [5.41, 5.74) is 2.69. The van der Waals surface area contributed by atoms with E-state index in [2.05, 4.69) is 60.9 Å². The number of aryl methyl sites for hydroxylation is 1. The molecule has 4 rings (SSSR count). The largest absolute Gasteiger partial charge is 0.252 e. The van der Waals surface area contributed by atoms with Gasteiger partial charge < -0.3 is 0 Å². The predicted octanol–water partition coefficient (Wildman–Crippen LogP) is 7.43. The Hall–Kier alpha value is -1.15. The van der Waals surface area contributed by atoms with E-state index in [1.807, 2.05) is 17.5 Å².